The lowest BCUT2D eigenvalue weighted by molar-refractivity contribution is -0.0646. The van der Waals surface area contributed by atoms with E-state index >= 15 is 0 Å². The summed E-state index contributed by atoms with van der Waals surface area (Å²) in [5, 5.41) is 10.7. The zero-order chi connectivity index (χ0) is 14.9. The van der Waals surface area contributed by atoms with Crippen LogP contribution in [0.3, 0.4) is 0 Å². The molecular weight excluding hydrogens is 262 g/mol. The molecule has 3 heteroatoms. The first-order chi connectivity index (χ1) is 10.3. The molecule has 1 saturated carbocycles. The van der Waals surface area contributed by atoms with Crippen LogP contribution >= 0.6 is 0 Å². The van der Waals surface area contributed by atoms with Gasteiger partial charge in [0.25, 0.3) is 0 Å². The average Bonchev–Trinajstić information content (AvgIpc) is 2.51. The van der Waals surface area contributed by atoms with Gasteiger partial charge in [0.1, 0.15) is 0 Å². The third kappa shape index (κ3) is 5.54. The maximum atomic E-state index is 10.7. The molecule has 2 aliphatic rings. The predicted octanol–water partition coefficient (Wildman–Crippen LogP) is 3.74. The molecule has 0 aromatic carbocycles. The first kappa shape index (κ1) is 17.2. The molecule has 2 rings (SSSR count). The van der Waals surface area contributed by atoms with Crippen molar-refractivity contribution in [1.82, 2.24) is 4.90 Å². The second-order valence-corrected chi connectivity index (χ2v) is 6.92. The number of aliphatic hydroxyl groups is 1. The summed E-state index contributed by atoms with van der Waals surface area (Å²) in [5.74, 6) is 0. The van der Waals surface area contributed by atoms with Crippen LogP contribution in [0.4, 0.5) is 0 Å². The van der Waals surface area contributed by atoms with E-state index in [0.29, 0.717) is 12.1 Å². The van der Waals surface area contributed by atoms with Gasteiger partial charge in [-0.2, -0.15) is 0 Å². The average molecular weight is 297 g/mol. The summed E-state index contributed by atoms with van der Waals surface area (Å²) in [6.45, 7) is 4.92. The minimum atomic E-state index is -0.142. The molecule has 3 unspecified atom stereocenters. The Morgan fingerprint density at radius 1 is 0.952 bits per heavy atom. The van der Waals surface area contributed by atoms with Crippen LogP contribution in [-0.2, 0) is 4.74 Å². The van der Waals surface area contributed by atoms with Crippen LogP contribution in [0.15, 0.2) is 0 Å². The van der Waals surface area contributed by atoms with E-state index < -0.39 is 0 Å². The zero-order valence-electron chi connectivity index (χ0n) is 13.9. The minimum Gasteiger partial charge on any atom is -0.391 e. The number of hydrogen-bond acceptors (Lipinski definition) is 3. The summed E-state index contributed by atoms with van der Waals surface area (Å²) in [4.78, 5) is 2.57. The molecule has 1 aliphatic carbocycles. The molecule has 1 heterocycles. The Morgan fingerprint density at radius 2 is 1.57 bits per heavy atom. The highest BCUT2D eigenvalue weighted by atomic mass is 16.5. The van der Waals surface area contributed by atoms with Gasteiger partial charge in [-0.05, 0) is 19.3 Å². The number of aliphatic hydroxyl groups excluding tert-OH is 1. The molecule has 3 nitrogen and oxygen atoms in total. The largest absolute Gasteiger partial charge is 0.391 e. The molecule has 21 heavy (non-hydrogen) atoms. The molecule has 0 aromatic rings. The van der Waals surface area contributed by atoms with Crippen molar-refractivity contribution < 1.29 is 9.84 Å². The summed E-state index contributed by atoms with van der Waals surface area (Å²) >= 11 is 0. The van der Waals surface area contributed by atoms with Crippen LogP contribution in [0.1, 0.15) is 77.6 Å². The highest BCUT2D eigenvalue weighted by Gasteiger charge is 2.32. The monoisotopic (exact) mass is 297 g/mol. The molecule has 0 spiro atoms. The highest BCUT2D eigenvalue weighted by molar-refractivity contribution is 4.86. The van der Waals surface area contributed by atoms with E-state index in [1.807, 2.05) is 0 Å². The molecule has 1 saturated heterocycles. The van der Waals surface area contributed by atoms with Crippen LogP contribution < -0.4 is 0 Å². The Balaban J connectivity index is 1.96. The Bertz CT molecular complexity index is 272. The molecule has 3 atom stereocenters. The van der Waals surface area contributed by atoms with Gasteiger partial charge in [-0.1, -0.05) is 58.3 Å². The van der Waals surface area contributed by atoms with Crippen molar-refractivity contribution in [2.24, 2.45) is 0 Å². The molecule has 1 aliphatic heterocycles. The lowest BCUT2D eigenvalue weighted by Gasteiger charge is -2.43. The van der Waals surface area contributed by atoms with Gasteiger partial charge in [0.05, 0.1) is 19.3 Å². The zero-order valence-corrected chi connectivity index (χ0v) is 13.9. The third-order valence-corrected chi connectivity index (χ3v) is 5.36. The van der Waals surface area contributed by atoms with Crippen molar-refractivity contribution in [3.8, 4) is 0 Å². The third-order valence-electron chi connectivity index (χ3n) is 5.36. The first-order valence-corrected chi connectivity index (χ1v) is 9.34. The van der Waals surface area contributed by atoms with E-state index in [4.69, 9.17) is 4.74 Å². The molecule has 2 fully saturated rings. The second kappa shape index (κ2) is 9.81. The van der Waals surface area contributed by atoms with Crippen molar-refractivity contribution in [3.05, 3.63) is 0 Å². The SMILES string of the molecule is CCC1COCCN1C1CCCCCCCCCCC1O. The van der Waals surface area contributed by atoms with Gasteiger partial charge in [0, 0.05) is 18.6 Å². The standard InChI is InChI=1S/C18H35NO2/c1-2-16-15-21-14-13-19(16)17-11-9-7-5-3-4-6-8-10-12-18(17)20/h16-18,20H,2-15H2,1H3. The molecule has 0 radical (unpaired) electrons. The molecule has 0 amide bonds. The maximum absolute atomic E-state index is 10.7. The number of hydrogen-bond donors (Lipinski definition) is 1. The van der Waals surface area contributed by atoms with Gasteiger partial charge in [0.15, 0.2) is 0 Å². The van der Waals surface area contributed by atoms with Crippen LogP contribution in [0, 0.1) is 0 Å². The predicted molar refractivity (Wildman–Crippen MR) is 87.6 cm³/mol. The van der Waals surface area contributed by atoms with E-state index in [0.717, 1.165) is 39.0 Å². The molecule has 0 aromatic heterocycles. The molecule has 0 bridgehead atoms. The normalized spacial score (nSPS) is 34.9. The van der Waals surface area contributed by atoms with Crippen molar-refractivity contribution in [2.75, 3.05) is 19.8 Å². The van der Waals surface area contributed by atoms with Crippen LogP contribution in [0.2, 0.25) is 0 Å². The Kier molecular flexibility index (Phi) is 8.05. The maximum Gasteiger partial charge on any atom is 0.0695 e. The van der Waals surface area contributed by atoms with Crippen molar-refractivity contribution in [2.45, 2.75) is 95.7 Å². The van der Waals surface area contributed by atoms with Gasteiger partial charge in [0.2, 0.25) is 0 Å². The minimum absolute atomic E-state index is 0.142. The first-order valence-electron chi connectivity index (χ1n) is 9.34. The van der Waals surface area contributed by atoms with Gasteiger partial charge in [-0.15, -0.1) is 0 Å². The second-order valence-electron chi connectivity index (χ2n) is 6.92. The van der Waals surface area contributed by atoms with E-state index in [-0.39, 0.29) is 6.10 Å². The number of morpholine rings is 1. The molecule has 1 N–H and O–H groups in total. The van der Waals surface area contributed by atoms with Gasteiger partial charge in [-0.3, -0.25) is 4.90 Å². The fourth-order valence-electron chi connectivity index (χ4n) is 4.00. The number of nitrogens with zero attached hydrogens (tertiary/aromatic N) is 1. The van der Waals surface area contributed by atoms with Crippen LogP contribution in [-0.4, -0.2) is 48.0 Å². The summed E-state index contributed by atoms with van der Waals surface area (Å²) in [6.07, 6.45) is 13.8. The van der Waals surface area contributed by atoms with Gasteiger partial charge < -0.3 is 9.84 Å². The lowest BCUT2D eigenvalue weighted by atomic mass is 9.93. The summed E-state index contributed by atoms with van der Waals surface area (Å²) in [6, 6.07) is 0.865. The van der Waals surface area contributed by atoms with E-state index in [9.17, 15) is 5.11 Å². The fraction of sp³-hybridized carbons (Fsp3) is 1.00. The van der Waals surface area contributed by atoms with Crippen molar-refractivity contribution in [3.63, 3.8) is 0 Å². The lowest BCUT2D eigenvalue weighted by Crippen LogP contribution is -2.54. The summed E-state index contributed by atoms with van der Waals surface area (Å²) < 4.78 is 5.64. The number of ether oxygens (including phenoxy) is 1. The van der Waals surface area contributed by atoms with Crippen LogP contribution in [0.5, 0.6) is 0 Å². The van der Waals surface area contributed by atoms with Crippen molar-refractivity contribution >= 4 is 0 Å². The Hall–Kier alpha value is -0.120. The Morgan fingerprint density at radius 3 is 2.24 bits per heavy atom. The topological polar surface area (TPSA) is 32.7 Å². The molecular formula is C18H35NO2. The van der Waals surface area contributed by atoms with E-state index in [2.05, 4.69) is 11.8 Å². The van der Waals surface area contributed by atoms with Gasteiger partial charge >= 0.3 is 0 Å². The van der Waals surface area contributed by atoms with Gasteiger partial charge in [-0.25, -0.2) is 0 Å². The van der Waals surface area contributed by atoms with E-state index in [1.54, 1.807) is 0 Å². The van der Waals surface area contributed by atoms with Crippen LogP contribution in [0.25, 0.3) is 0 Å². The van der Waals surface area contributed by atoms with E-state index in [1.165, 1.54) is 51.4 Å². The quantitative estimate of drug-likeness (QED) is 0.843. The fourth-order valence-corrected chi connectivity index (χ4v) is 4.00. The highest BCUT2D eigenvalue weighted by Crippen LogP contribution is 2.24. The summed E-state index contributed by atoms with van der Waals surface area (Å²) in [7, 11) is 0. The molecule has 124 valence electrons. The Labute approximate surface area is 131 Å². The van der Waals surface area contributed by atoms with Crippen molar-refractivity contribution in [1.29, 1.82) is 0 Å². The smallest absolute Gasteiger partial charge is 0.0695 e. The summed E-state index contributed by atoms with van der Waals surface area (Å²) in [5.41, 5.74) is 0. The number of rotatable bonds is 2.